The molecule has 3 nitrogen and oxygen atoms in total. The second-order valence-corrected chi connectivity index (χ2v) is 2.53. The number of hydrogen-bond donors (Lipinski definition) is 0. The minimum Gasteiger partial charge on any atom is -0.298 e. The van der Waals surface area contributed by atoms with E-state index in [1.165, 1.54) is 0 Å². The van der Waals surface area contributed by atoms with Gasteiger partial charge in [-0.15, -0.1) is 0 Å². The Labute approximate surface area is 71.2 Å². The lowest BCUT2D eigenvalue weighted by Gasteiger charge is -1.93. The van der Waals surface area contributed by atoms with E-state index in [4.69, 9.17) is 0 Å². The number of hydrogen-bond acceptors (Lipinski definition) is 3. The Bertz CT molecular complexity index is 318. The van der Waals surface area contributed by atoms with Gasteiger partial charge >= 0.3 is 0 Å². The van der Waals surface area contributed by atoms with Crippen molar-refractivity contribution in [1.82, 2.24) is 9.97 Å². The first-order chi connectivity index (χ1) is 5.72. The van der Waals surface area contributed by atoms with Gasteiger partial charge in [-0.2, -0.15) is 0 Å². The molecule has 0 fully saturated rings. The van der Waals surface area contributed by atoms with Crippen molar-refractivity contribution in [2.75, 3.05) is 0 Å². The highest BCUT2D eigenvalue weighted by atomic mass is 16.1. The van der Waals surface area contributed by atoms with Crippen molar-refractivity contribution in [2.24, 2.45) is 0 Å². The fraction of sp³-hybridized carbons (Fsp3) is 0.222. The SMILES string of the molecule is C/C(C=O)=C/c1ccnc(C)n1. The normalized spacial score (nSPS) is 11.3. The average molecular weight is 162 g/mol. The number of aromatic nitrogens is 2. The number of carbonyl (C=O) groups is 1. The van der Waals surface area contributed by atoms with Gasteiger partial charge < -0.3 is 0 Å². The maximum absolute atomic E-state index is 10.3. The minimum absolute atomic E-state index is 0.660. The van der Waals surface area contributed by atoms with Gasteiger partial charge in [-0.05, 0) is 31.6 Å². The van der Waals surface area contributed by atoms with Crippen molar-refractivity contribution in [3.63, 3.8) is 0 Å². The smallest absolute Gasteiger partial charge is 0.145 e. The van der Waals surface area contributed by atoms with E-state index in [0.717, 1.165) is 12.0 Å². The molecule has 0 atom stereocenters. The van der Waals surface area contributed by atoms with E-state index in [9.17, 15) is 4.79 Å². The molecule has 0 saturated carbocycles. The highest BCUT2D eigenvalue weighted by molar-refractivity contribution is 5.79. The molecule has 0 aliphatic carbocycles. The van der Waals surface area contributed by atoms with Crippen molar-refractivity contribution < 1.29 is 4.79 Å². The van der Waals surface area contributed by atoms with Gasteiger partial charge in [0.05, 0.1) is 5.69 Å². The van der Waals surface area contributed by atoms with Gasteiger partial charge in [-0.25, -0.2) is 9.97 Å². The van der Waals surface area contributed by atoms with E-state index < -0.39 is 0 Å². The van der Waals surface area contributed by atoms with Crippen molar-refractivity contribution >= 4 is 12.4 Å². The minimum atomic E-state index is 0.660. The van der Waals surface area contributed by atoms with Crippen molar-refractivity contribution in [2.45, 2.75) is 13.8 Å². The van der Waals surface area contributed by atoms with Crippen molar-refractivity contribution in [3.8, 4) is 0 Å². The summed E-state index contributed by atoms with van der Waals surface area (Å²) < 4.78 is 0. The monoisotopic (exact) mass is 162 g/mol. The Morgan fingerprint density at radius 1 is 1.58 bits per heavy atom. The summed E-state index contributed by atoms with van der Waals surface area (Å²) in [6, 6.07) is 1.76. The quantitative estimate of drug-likeness (QED) is 0.487. The third-order valence-corrected chi connectivity index (χ3v) is 1.36. The third-order valence-electron chi connectivity index (χ3n) is 1.36. The Balaban J connectivity index is 2.97. The Morgan fingerprint density at radius 3 is 2.92 bits per heavy atom. The van der Waals surface area contributed by atoms with Crippen LogP contribution in [0.25, 0.3) is 6.08 Å². The van der Waals surface area contributed by atoms with Crippen LogP contribution >= 0.6 is 0 Å². The van der Waals surface area contributed by atoms with E-state index in [0.29, 0.717) is 11.4 Å². The zero-order valence-corrected chi connectivity index (χ0v) is 7.11. The molecule has 0 aliphatic heterocycles. The second kappa shape index (κ2) is 3.76. The molecular weight excluding hydrogens is 152 g/mol. The highest BCUT2D eigenvalue weighted by Gasteiger charge is 1.91. The molecule has 1 heterocycles. The van der Waals surface area contributed by atoms with Gasteiger partial charge in [-0.1, -0.05) is 0 Å². The maximum Gasteiger partial charge on any atom is 0.145 e. The predicted octanol–water partition coefficient (Wildman–Crippen LogP) is 1.39. The first-order valence-electron chi connectivity index (χ1n) is 3.65. The largest absolute Gasteiger partial charge is 0.298 e. The van der Waals surface area contributed by atoms with Crippen LogP contribution in [0.3, 0.4) is 0 Å². The molecular formula is C9H10N2O. The highest BCUT2D eigenvalue weighted by Crippen LogP contribution is 2.00. The van der Waals surface area contributed by atoms with Gasteiger partial charge in [0.15, 0.2) is 0 Å². The second-order valence-electron chi connectivity index (χ2n) is 2.53. The molecule has 0 bridgehead atoms. The van der Waals surface area contributed by atoms with Gasteiger partial charge in [0.1, 0.15) is 12.1 Å². The average Bonchev–Trinajstić information content (AvgIpc) is 2.04. The lowest BCUT2D eigenvalue weighted by atomic mass is 10.2. The van der Waals surface area contributed by atoms with Gasteiger partial charge in [0, 0.05) is 6.20 Å². The van der Waals surface area contributed by atoms with Gasteiger partial charge in [0.25, 0.3) is 0 Å². The maximum atomic E-state index is 10.3. The van der Waals surface area contributed by atoms with Crippen molar-refractivity contribution in [1.29, 1.82) is 0 Å². The van der Waals surface area contributed by atoms with E-state index in [1.54, 1.807) is 25.3 Å². The van der Waals surface area contributed by atoms with Crippen LogP contribution < -0.4 is 0 Å². The standard InChI is InChI=1S/C9H10N2O/c1-7(6-12)5-9-3-4-10-8(2)11-9/h3-6H,1-2H3/b7-5-. The summed E-state index contributed by atoms with van der Waals surface area (Å²) in [5, 5.41) is 0. The van der Waals surface area contributed by atoms with Crippen LogP contribution in [-0.2, 0) is 4.79 Å². The van der Waals surface area contributed by atoms with Gasteiger partial charge in [0.2, 0.25) is 0 Å². The third kappa shape index (κ3) is 2.27. The van der Waals surface area contributed by atoms with Crippen LogP contribution in [0.1, 0.15) is 18.4 Å². The number of rotatable bonds is 2. The molecule has 0 amide bonds. The zero-order chi connectivity index (χ0) is 8.97. The lowest BCUT2D eigenvalue weighted by Crippen LogP contribution is -1.89. The molecule has 1 rings (SSSR count). The fourth-order valence-corrected chi connectivity index (χ4v) is 0.822. The van der Waals surface area contributed by atoms with Crippen LogP contribution in [0, 0.1) is 6.92 Å². The summed E-state index contributed by atoms with van der Waals surface area (Å²) in [5.74, 6) is 0.711. The van der Waals surface area contributed by atoms with Crippen LogP contribution in [0.15, 0.2) is 17.8 Å². The molecule has 62 valence electrons. The number of nitrogens with zero attached hydrogens (tertiary/aromatic N) is 2. The molecule has 0 unspecified atom stereocenters. The molecule has 0 aromatic carbocycles. The molecule has 1 aromatic heterocycles. The van der Waals surface area contributed by atoms with E-state index in [2.05, 4.69) is 9.97 Å². The van der Waals surface area contributed by atoms with E-state index in [-0.39, 0.29) is 0 Å². The first-order valence-corrected chi connectivity index (χ1v) is 3.65. The molecule has 3 heteroatoms. The summed E-state index contributed by atoms with van der Waals surface area (Å²) in [4.78, 5) is 18.3. The molecule has 0 spiro atoms. The summed E-state index contributed by atoms with van der Waals surface area (Å²) >= 11 is 0. The van der Waals surface area contributed by atoms with Crippen LogP contribution in [-0.4, -0.2) is 16.3 Å². The van der Waals surface area contributed by atoms with Crippen LogP contribution in [0.2, 0.25) is 0 Å². The molecule has 12 heavy (non-hydrogen) atoms. The summed E-state index contributed by atoms with van der Waals surface area (Å²) in [5.41, 5.74) is 1.43. The predicted molar refractivity (Wildman–Crippen MR) is 46.5 cm³/mol. The summed E-state index contributed by atoms with van der Waals surface area (Å²) in [6.07, 6.45) is 4.20. The Morgan fingerprint density at radius 2 is 2.33 bits per heavy atom. The molecule has 0 aliphatic rings. The molecule has 0 saturated heterocycles. The van der Waals surface area contributed by atoms with Gasteiger partial charge in [-0.3, -0.25) is 4.79 Å². The molecule has 1 aromatic rings. The topological polar surface area (TPSA) is 42.9 Å². The Kier molecular flexibility index (Phi) is 2.69. The molecule has 0 radical (unpaired) electrons. The number of allylic oxidation sites excluding steroid dienone is 1. The first kappa shape index (κ1) is 8.59. The number of aldehydes is 1. The number of carbonyl (C=O) groups excluding carboxylic acids is 1. The van der Waals surface area contributed by atoms with E-state index in [1.807, 2.05) is 6.92 Å². The zero-order valence-electron chi connectivity index (χ0n) is 7.11. The van der Waals surface area contributed by atoms with Crippen LogP contribution in [0.5, 0.6) is 0 Å². The fourth-order valence-electron chi connectivity index (χ4n) is 0.822. The summed E-state index contributed by atoms with van der Waals surface area (Å²) in [6.45, 7) is 3.55. The lowest BCUT2D eigenvalue weighted by molar-refractivity contribution is -0.104. The Hall–Kier alpha value is -1.51. The molecule has 0 N–H and O–H groups in total. The van der Waals surface area contributed by atoms with E-state index >= 15 is 0 Å². The van der Waals surface area contributed by atoms with Crippen LogP contribution in [0.4, 0.5) is 0 Å². The summed E-state index contributed by atoms with van der Waals surface area (Å²) in [7, 11) is 0. The van der Waals surface area contributed by atoms with Crippen molar-refractivity contribution in [3.05, 3.63) is 29.4 Å². The number of aryl methyl sites for hydroxylation is 1.